The Morgan fingerprint density at radius 2 is 2.33 bits per heavy atom. The van der Waals surface area contributed by atoms with Crippen LogP contribution >= 0.6 is 0 Å². The van der Waals surface area contributed by atoms with Gasteiger partial charge in [0.05, 0.1) is 17.8 Å². The topological polar surface area (TPSA) is 67.2 Å². The second-order valence-electron chi connectivity index (χ2n) is 5.35. The number of rotatable bonds is 4. The lowest BCUT2D eigenvalue weighted by Crippen LogP contribution is -2.30. The Morgan fingerprint density at radius 1 is 1.56 bits per heavy atom. The van der Waals surface area contributed by atoms with Gasteiger partial charge in [0, 0.05) is 18.3 Å². The van der Waals surface area contributed by atoms with Gasteiger partial charge in [-0.05, 0) is 33.1 Å². The minimum atomic E-state index is -0.667. The molecule has 0 amide bonds. The smallest absolute Gasteiger partial charge is 0.306 e. The van der Waals surface area contributed by atoms with E-state index in [4.69, 9.17) is 5.11 Å². The Labute approximate surface area is 107 Å². The number of anilines is 1. The molecule has 1 saturated carbocycles. The minimum absolute atomic E-state index is 0.198. The third kappa shape index (κ3) is 3.03. The first-order valence-corrected chi connectivity index (χ1v) is 6.59. The zero-order valence-corrected chi connectivity index (χ0v) is 11.0. The molecule has 2 rings (SSSR count). The number of nitrogens with zero attached hydrogens (tertiary/aromatic N) is 2. The van der Waals surface area contributed by atoms with Gasteiger partial charge >= 0.3 is 5.97 Å². The van der Waals surface area contributed by atoms with Crippen LogP contribution in [0.3, 0.4) is 0 Å². The number of carboxylic acid groups (broad SMARTS) is 1. The molecule has 1 aliphatic carbocycles. The maximum Gasteiger partial charge on any atom is 0.306 e. The summed E-state index contributed by atoms with van der Waals surface area (Å²) in [5, 5.41) is 16.7. The van der Waals surface area contributed by atoms with Crippen LogP contribution in [-0.4, -0.2) is 26.9 Å². The number of carboxylic acids is 1. The van der Waals surface area contributed by atoms with E-state index in [0.717, 1.165) is 24.9 Å². The normalized spacial score (nSPS) is 24.2. The van der Waals surface area contributed by atoms with Crippen LogP contribution in [0.15, 0.2) is 12.4 Å². The summed E-state index contributed by atoms with van der Waals surface area (Å²) in [5.74, 6) is -0.865. The predicted octanol–water partition coefficient (Wildman–Crippen LogP) is 2.52. The molecule has 2 unspecified atom stereocenters. The number of carbonyl (C=O) groups is 1. The van der Waals surface area contributed by atoms with Crippen molar-refractivity contribution in [2.75, 3.05) is 5.32 Å². The first-order chi connectivity index (χ1) is 8.56. The van der Waals surface area contributed by atoms with Gasteiger partial charge in [0.25, 0.3) is 0 Å². The first-order valence-electron chi connectivity index (χ1n) is 6.59. The zero-order valence-electron chi connectivity index (χ0n) is 11.0. The summed E-state index contributed by atoms with van der Waals surface area (Å²) in [6.45, 7) is 4.16. The van der Waals surface area contributed by atoms with E-state index in [1.807, 2.05) is 17.1 Å². The van der Waals surface area contributed by atoms with Crippen LogP contribution < -0.4 is 5.32 Å². The lowest BCUT2D eigenvalue weighted by Gasteiger charge is -2.27. The SMILES string of the molecule is CC(C)n1cc(NC2CCCC(C(=O)O)C2)cn1. The van der Waals surface area contributed by atoms with Crippen LogP contribution in [0, 0.1) is 5.92 Å². The van der Waals surface area contributed by atoms with Gasteiger partial charge in [-0.1, -0.05) is 6.42 Å². The standard InChI is InChI=1S/C13H21N3O2/c1-9(2)16-8-12(7-14-16)15-11-5-3-4-10(6-11)13(17)18/h7-11,15H,3-6H2,1-2H3,(H,17,18). The number of hydrogen-bond acceptors (Lipinski definition) is 3. The molecule has 0 aliphatic heterocycles. The maximum atomic E-state index is 11.0. The first kappa shape index (κ1) is 12.9. The van der Waals surface area contributed by atoms with Crippen molar-refractivity contribution in [3.05, 3.63) is 12.4 Å². The summed E-state index contributed by atoms with van der Waals surface area (Å²) < 4.78 is 1.90. The van der Waals surface area contributed by atoms with Crippen molar-refractivity contribution in [2.24, 2.45) is 5.92 Å². The van der Waals surface area contributed by atoms with E-state index in [1.165, 1.54) is 0 Å². The lowest BCUT2D eigenvalue weighted by atomic mass is 9.86. The fourth-order valence-electron chi connectivity index (χ4n) is 2.48. The fourth-order valence-corrected chi connectivity index (χ4v) is 2.48. The molecule has 18 heavy (non-hydrogen) atoms. The monoisotopic (exact) mass is 251 g/mol. The van der Waals surface area contributed by atoms with Crippen LogP contribution in [0.2, 0.25) is 0 Å². The van der Waals surface area contributed by atoms with Crippen molar-refractivity contribution in [3.8, 4) is 0 Å². The van der Waals surface area contributed by atoms with E-state index in [1.54, 1.807) is 0 Å². The van der Waals surface area contributed by atoms with Gasteiger partial charge in [-0.3, -0.25) is 9.48 Å². The molecule has 1 fully saturated rings. The van der Waals surface area contributed by atoms with Crippen LogP contribution in [-0.2, 0) is 4.79 Å². The Hall–Kier alpha value is -1.52. The minimum Gasteiger partial charge on any atom is -0.481 e. The van der Waals surface area contributed by atoms with Crippen LogP contribution in [0.5, 0.6) is 0 Å². The highest BCUT2D eigenvalue weighted by Crippen LogP contribution is 2.27. The highest BCUT2D eigenvalue weighted by Gasteiger charge is 2.26. The van der Waals surface area contributed by atoms with Crippen LogP contribution in [0.1, 0.15) is 45.6 Å². The average Bonchev–Trinajstić information content (AvgIpc) is 2.78. The van der Waals surface area contributed by atoms with E-state index in [0.29, 0.717) is 12.5 Å². The van der Waals surface area contributed by atoms with E-state index in [9.17, 15) is 4.79 Å². The van der Waals surface area contributed by atoms with Gasteiger partial charge in [-0.15, -0.1) is 0 Å². The third-order valence-corrected chi connectivity index (χ3v) is 3.52. The molecule has 1 aromatic heterocycles. The van der Waals surface area contributed by atoms with E-state index < -0.39 is 5.97 Å². The number of aromatic nitrogens is 2. The number of aliphatic carboxylic acids is 1. The summed E-state index contributed by atoms with van der Waals surface area (Å²) in [4.78, 5) is 11.0. The zero-order chi connectivity index (χ0) is 13.1. The predicted molar refractivity (Wildman–Crippen MR) is 69.6 cm³/mol. The molecule has 5 heteroatoms. The Morgan fingerprint density at radius 3 is 2.94 bits per heavy atom. The lowest BCUT2D eigenvalue weighted by molar-refractivity contribution is -0.142. The second-order valence-corrected chi connectivity index (χ2v) is 5.35. The molecule has 2 N–H and O–H groups in total. The van der Waals surface area contributed by atoms with Gasteiger partial charge in [-0.25, -0.2) is 0 Å². The second kappa shape index (κ2) is 5.42. The summed E-state index contributed by atoms with van der Waals surface area (Å²) in [6.07, 6.45) is 7.32. The molecular formula is C13H21N3O2. The largest absolute Gasteiger partial charge is 0.481 e. The summed E-state index contributed by atoms with van der Waals surface area (Å²) in [5.41, 5.74) is 0.986. The van der Waals surface area contributed by atoms with Crippen molar-refractivity contribution in [2.45, 2.75) is 51.6 Å². The molecule has 2 atom stereocenters. The van der Waals surface area contributed by atoms with Gasteiger partial charge in [0.15, 0.2) is 0 Å². The molecule has 0 saturated heterocycles. The van der Waals surface area contributed by atoms with Crippen molar-refractivity contribution in [1.29, 1.82) is 0 Å². The average molecular weight is 251 g/mol. The Balaban J connectivity index is 1.94. The third-order valence-electron chi connectivity index (χ3n) is 3.52. The molecule has 0 aromatic carbocycles. The molecule has 0 bridgehead atoms. The summed E-state index contributed by atoms with van der Waals surface area (Å²) in [7, 11) is 0. The highest BCUT2D eigenvalue weighted by atomic mass is 16.4. The van der Waals surface area contributed by atoms with Crippen LogP contribution in [0.4, 0.5) is 5.69 Å². The molecule has 0 radical (unpaired) electrons. The molecule has 1 aromatic rings. The summed E-state index contributed by atoms with van der Waals surface area (Å²) >= 11 is 0. The van der Waals surface area contributed by atoms with Crippen molar-refractivity contribution in [1.82, 2.24) is 9.78 Å². The fraction of sp³-hybridized carbons (Fsp3) is 0.692. The van der Waals surface area contributed by atoms with E-state index in [2.05, 4.69) is 24.3 Å². The van der Waals surface area contributed by atoms with Crippen molar-refractivity contribution < 1.29 is 9.90 Å². The van der Waals surface area contributed by atoms with Gasteiger partial charge in [0.2, 0.25) is 0 Å². The highest BCUT2D eigenvalue weighted by molar-refractivity contribution is 5.70. The number of hydrogen-bond donors (Lipinski definition) is 2. The van der Waals surface area contributed by atoms with Crippen molar-refractivity contribution >= 4 is 11.7 Å². The molecular weight excluding hydrogens is 230 g/mol. The Bertz CT molecular complexity index is 414. The van der Waals surface area contributed by atoms with Crippen molar-refractivity contribution in [3.63, 3.8) is 0 Å². The van der Waals surface area contributed by atoms with Gasteiger partial charge in [-0.2, -0.15) is 5.10 Å². The quantitative estimate of drug-likeness (QED) is 0.863. The summed E-state index contributed by atoms with van der Waals surface area (Å²) in [6, 6.07) is 0.600. The number of nitrogens with one attached hydrogen (secondary N) is 1. The van der Waals surface area contributed by atoms with E-state index in [-0.39, 0.29) is 12.0 Å². The molecule has 100 valence electrons. The molecule has 1 aliphatic rings. The molecule has 1 heterocycles. The van der Waals surface area contributed by atoms with Gasteiger partial charge in [0.1, 0.15) is 0 Å². The van der Waals surface area contributed by atoms with E-state index >= 15 is 0 Å². The Kier molecular flexibility index (Phi) is 3.89. The molecule has 5 nitrogen and oxygen atoms in total. The van der Waals surface area contributed by atoms with Gasteiger partial charge < -0.3 is 10.4 Å². The molecule has 0 spiro atoms. The maximum absolute atomic E-state index is 11.0. The van der Waals surface area contributed by atoms with Crippen LogP contribution in [0.25, 0.3) is 0 Å².